The lowest BCUT2D eigenvalue weighted by molar-refractivity contribution is 0.474. The quantitative estimate of drug-likeness (QED) is 0.715. The van der Waals surface area contributed by atoms with Gasteiger partial charge in [-0.2, -0.15) is 0 Å². The molecule has 0 amide bonds. The van der Waals surface area contributed by atoms with E-state index in [1.807, 2.05) is 17.5 Å². The minimum Gasteiger partial charge on any atom is -0.508 e. The summed E-state index contributed by atoms with van der Waals surface area (Å²) in [4.78, 5) is 13.1. The van der Waals surface area contributed by atoms with Crippen molar-refractivity contribution in [2.45, 2.75) is 0 Å². The number of thiophene rings is 1. The van der Waals surface area contributed by atoms with E-state index in [0.29, 0.717) is 16.5 Å². The van der Waals surface area contributed by atoms with Crippen LogP contribution in [0.2, 0.25) is 0 Å². The van der Waals surface area contributed by atoms with Crippen LogP contribution in [-0.4, -0.2) is 5.11 Å². The lowest BCUT2D eigenvalue weighted by atomic mass is 10.1. The van der Waals surface area contributed by atoms with Gasteiger partial charge < -0.3 is 9.52 Å². The fraction of sp³-hybridized carbons (Fsp3) is 0. The standard InChI is InChI=1S/C13H8O3S/c14-8-3-4-9-11(6-8)16-7-10(13(9)15)12-2-1-5-17-12/h1-7,14H. The summed E-state index contributed by atoms with van der Waals surface area (Å²) in [7, 11) is 0. The first-order chi connectivity index (χ1) is 8.25. The highest BCUT2D eigenvalue weighted by Crippen LogP contribution is 2.25. The van der Waals surface area contributed by atoms with E-state index in [-0.39, 0.29) is 11.2 Å². The molecule has 3 rings (SSSR count). The SMILES string of the molecule is O=c1c(-c2cccs2)coc2cc(O)ccc12. The fourth-order valence-corrected chi connectivity index (χ4v) is 2.45. The van der Waals surface area contributed by atoms with E-state index >= 15 is 0 Å². The number of hydrogen-bond donors (Lipinski definition) is 1. The van der Waals surface area contributed by atoms with E-state index in [2.05, 4.69) is 0 Å². The summed E-state index contributed by atoms with van der Waals surface area (Å²) in [5.74, 6) is 0.0875. The van der Waals surface area contributed by atoms with Crippen molar-refractivity contribution in [3.63, 3.8) is 0 Å². The van der Waals surface area contributed by atoms with Gasteiger partial charge in [-0.15, -0.1) is 11.3 Å². The summed E-state index contributed by atoms with van der Waals surface area (Å²) < 4.78 is 5.37. The molecule has 1 aromatic carbocycles. The normalized spacial score (nSPS) is 10.8. The second-order valence-corrected chi connectivity index (χ2v) is 4.58. The van der Waals surface area contributed by atoms with Crippen LogP contribution in [0.4, 0.5) is 0 Å². The van der Waals surface area contributed by atoms with Crippen molar-refractivity contribution >= 4 is 22.3 Å². The maximum Gasteiger partial charge on any atom is 0.201 e. The maximum atomic E-state index is 12.2. The summed E-state index contributed by atoms with van der Waals surface area (Å²) in [6.07, 6.45) is 1.44. The monoisotopic (exact) mass is 244 g/mol. The largest absolute Gasteiger partial charge is 0.508 e. The van der Waals surface area contributed by atoms with Gasteiger partial charge in [0.15, 0.2) is 0 Å². The molecule has 0 atom stereocenters. The van der Waals surface area contributed by atoms with Crippen LogP contribution in [-0.2, 0) is 0 Å². The van der Waals surface area contributed by atoms with Gasteiger partial charge in [0, 0.05) is 10.9 Å². The van der Waals surface area contributed by atoms with Crippen molar-refractivity contribution in [1.82, 2.24) is 0 Å². The van der Waals surface area contributed by atoms with Gasteiger partial charge in [-0.3, -0.25) is 4.79 Å². The third-order valence-corrected chi connectivity index (χ3v) is 3.45. The third-order valence-electron chi connectivity index (χ3n) is 2.54. The van der Waals surface area contributed by atoms with Crippen molar-refractivity contribution in [1.29, 1.82) is 0 Å². The molecule has 3 aromatic rings. The molecule has 0 bridgehead atoms. The molecule has 0 spiro atoms. The predicted octanol–water partition coefficient (Wildman–Crippen LogP) is 3.23. The van der Waals surface area contributed by atoms with Crippen LogP contribution in [0.25, 0.3) is 21.4 Å². The zero-order valence-electron chi connectivity index (χ0n) is 8.71. The molecule has 3 nitrogen and oxygen atoms in total. The van der Waals surface area contributed by atoms with Crippen LogP contribution in [0.5, 0.6) is 5.75 Å². The molecule has 4 heteroatoms. The average Bonchev–Trinajstić information content (AvgIpc) is 2.82. The Hall–Kier alpha value is -2.07. The van der Waals surface area contributed by atoms with Crippen molar-refractivity contribution in [2.24, 2.45) is 0 Å². The van der Waals surface area contributed by atoms with E-state index in [9.17, 15) is 9.90 Å². The molecule has 0 fully saturated rings. The van der Waals surface area contributed by atoms with Gasteiger partial charge >= 0.3 is 0 Å². The van der Waals surface area contributed by atoms with Gasteiger partial charge in [-0.1, -0.05) is 6.07 Å². The van der Waals surface area contributed by atoms with Crippen LogP contribution in [0.15, 0.2) is 51.2 Å². The summed E-state index contributed by atoms with van der Waals surface area (Å²) in [6, 6.07) is 8.27. The smallest absolute Gasteiger partial charge is 0.201 e. The Balaban J connectivity index is 2.34. The Morgan fingerprint density at radius 3 is 2.88 bits per heavy atom. The molecular formula is C13H8O3S. The Kier molecular flexibility index (Phi) is 2.23. The van der Waals surface area contributed by atoms with E-state index in [1.54, 1.807) is 6.07 Å². The molecule has 17 heavy (non-hydrogen) atoms. The van der Waals surface area contributed by atoms with Gasteiger partial charge in [0.2, 0.25) is 5.43 Å². The zero-order valence-corrected chi connectivity index (χ0v) is 9.53. The number of hydrogen-bond acceptors (Lipinski definition) is 4. The van der Waals surface area contributed by atoms with E-state index in [1.165, 1.54) is 29.7 Å². The fourth-order valence-electron chi connectivity index (χ4n) is 1.72. The van der Waals surface area contributed by atoms with E-state index in [4.69, 9.17) is 4.42 Å². The Bertz CT molecular complexity index is 726. The van der Waals surface area contributed by atoms with Gasteiger partial charge in [-0.25, -0.2) is 0 Å². The third kappa shape index (κ3) is 1.62. The number of rotatable bonds is 1. The molecule has 1 N–H and O–H groups in total. The lowest BCUT2D eigenvalue weighted by Crippen LogP contribution is -2.03. The Morgan fingerprint density at radius 1 is 1.24 bits per heavy atom. The second-order valence-electron chi connectivity index (χ2n) is 3.64. The summed E-state index contributed by atoms with van der Waals surface area (Å²) in [6.45, 7) is 0. The molecule has 2 heterocycles. The van der Waals surface area contributed by atoms with Gasteiger partial charge in [0.25, 0.3) is 0 Å². The van der Waals surface area contributed by atoms with Gasteiger partial charge in [0.05, 0.1) is 10.9 Å². The molecule has 0 saturated carbocycles. The summed E-state index contributed by atoms with van der Waals surface area (Å²) in [5, 5.41) is 11.7. The molecule has 0 aliphatic rings. The first-order valence-corrected chi connectivity index (χ1v) is 5.92. The number of aromatic hydroxyl groups is 1. The number of benzene rings is 1. The second kappa shape index (κ2) is 3.75. The maximum absolute atomic E-state index is 12.2. The van der Waals surface area contributed by atoms with Crippen molar-refractivity contribution < 1.29 is 9.52 Å². The molecule has 0 radical (unpaired) electrons. The molecule has 0 aliphatic heterocycles. The lowest BCUT2D eigenvalue weighted by Gasteiger charge is -2.00. The van der Waals surface area contributed by atoms with E-state index in [0.717, 1.165) is 4.88 Å². The van der Waals surface area contributed by atoms with E-state index < -0.39 is 0 Å². The van der Waals surface area contributed by atoms with Crippen LogP contribution < -0.4 is 5.43 Å². The first-order valence-electron chi connectivity index (χ1n) is 5.04. The molecule has 0 saturated heterocycles. The Morgan fingerprint density at radius 2 is 2.12 bits per heavy atom. The van der Waals surface area contributed by atoms with Crippen LogP contribution in [0.3, 0.4) is 0 Å². The number of fused-ring (bicyclic) bond motifs is 1. The number of phenols is 1. The van der Waals surface area contributed by atoms with Gasteiger partial charge in [0.1, 0.15) is 17.6 Å². The highest BCUT2D eigenvalue weighted by molar-refractivity contribution is 7.13. The van der Waals surface area contributed by atoms with Crippen LogP contribution in [0.1, 0.15) is 0 Å². The molecule has 2 aromatic heterocycles. The van der Waals surface area contributed by atoms with Crippen molar-refractivity contribution in [2.75, 3.05) is 0 Å². The summed E-state index contributed by atoms with van der Waals surface area (Å²) in [5.41, 5.74) is 0.877. The number of phenolic OH excluding ortho intramolecular Hbond substituents is 1. The van der Waals surface area contributed by atoms with Crippen LogP contribution >= 0.6 is 11.3 Å². The van der Waals surface area contributed by atoms with Crippen molar-refractivity contribution in [3.05, 3.63) is 52.2 Å². The average molecular weight is 244 g/mol. The Labute approximate surface area is 101 Å². The first kappa shape index (κ1) is 10.1. The molecule has 84 valence electrons. The van der Waals surface area contributed by atoms with Crippen LogP contribution in [0, 0.1) is 0 Å². The molecular weight excluding hydrogens is 236 g/mol. The summed E-state index contributed by atoms with van der Waals surface area (Å²) >= 11 is 1.49. The minimum atomic E-state index is -0.0753. The highest BCUT2D eigenvalue weighted by atomic mass is 32.1. The molecule has 0 aliphatic carbocycles. The highest BCUT2D eigenvalue weighted by Gasteiger charge is 2.09. The topological polar surface area (TPSA) is 50.4 Å². The van der Waals surface area contributed by atoms with Crippen molar-refractivity contribution in [3.8, 4) is 16.2 Å². The predicted molar refractivity (Wildman–Crippen MR) is 67.5 cm³/mol. The zero-order chi connectivity index (χ0) is 11.8. The molecule has 0 unspecified atom stereocenters. The minimum absolute atomic E-state index is 0.0753. The van der Waals surface area contributed by atoms with Gasteiger partial charge in [-0.05, 0) is 23.6 Å².